The van der Waals surface area contributed by atoms with Gasteiger partial charge in [0.15, 0.2) is 11.5 Å². The lowest BCUT2D eigenvalue weighted by Gasteiger charge is -2.58. The summed E-state index contributed by atoms with van der Waals surface area (Å²) >= 11 is 0. The smallest absolute Gasteiger partial charge is 0.309 e. The molecule has 0 aliphatic heterocycles. The molecule has 1 spiro atoms. The van der Waals surface area contributed by atoms with Crippen LogP contribution < -0.4 is 0 Å². The van der Waals surface area contributed by atoms with Gasteiger partial charge in [0.1, 0.15) is 0 Å². The topological polar surface area (TPSA) is 69.7 Å². The molecule has 0 radical (unpaired) electrons. The predicted molar refractivity (Wildman–Crippen MR) is 68.4 cm³/mol. The van der Waals surface area contributed by atoms with E-state index in [9.17, 15) is 14.4 Å². The lowest BCUT2D eigenvalue weighted by Crippen LogP contribution is -2.67. The first-order valence-corrected chi connectivity index (χ1v) is 6.92. The van der Waals surface area contributed by atoms with Crippen LogP contribution in [-0.4, -0.2) is 31.8 Å². The van der Waals surface area contributed by atoms with Crippen molar-refractivity contribution in [2.75, 3.05) is 14.2 Å². The molecule has 5 atom stereocenters. The molecular weight excluding hydrogens is 260 g/mol. The Labute approximate surface area is 117 Å². The first-order chi connectivity index (χ1) is 9.49. The molecule has 3 aliphatic rings. The number of ketones is 2. The third-order valence-electron chi connectivity index (χ3n) is 5.55. The number of ether oxygens (including phenoxy) is 2. The van der Waals surface area contributed by atoms with Gasteiger partial charge in [0, 0.05) is 6.08 Å². The zero-order chi connectivity index (χ0) is 14.7. The molecular formula is C15H18O5. The molecule has 0 aromatic heterocycles. The van der Waals surface area contributed by atoms with Crippen molar-refractivity contribution in [1.29, 1.82) is 0 Å². The summed E-state index contributed by atoms with van der Waals surface area (Å²) < 4.78 is 9.84. The summed E-state index contributed by atoms with van der Waals surface area (Å²) in [5, 5.41) is 0. The molecule has 2 saturated carbocycles. The maximum absolute atomic E-state index is 12.6. The van der Waals surface area contributed by atoms with Gasteiger partial charge in [-0.1, -0.05) is 6.92 Å². The van der Waals surface area contributed by atoms with Gasteiger partial charge in [0.25, 0.3) is 0 Å². The maximum Gasteiger partial charge on any atom is 0.309 e. The monoisotopic (exact) mass is 278 g/mol. The fourth-order valence-corrected chi connectivity index (χ4v) is 4.72. The van der Waals surface area contributed by atoms with Crippen molar-refractivity contribution in [3.05, 3.63) is 11.8 Å². The lowest BCUT2D eigenvalue weighted by atomic mass is 9.41. The Morgan fingerprint density at radius 2 is 2.00 bits per heavy atom. The standard InChI is InChI=1S/C15H18O5/c1-7-4-5-8-11(14(18)20-3)12-13(17)9(19-2)6-10(16)15(7,8)12/h6-8,11-12H,4-5H2,1-3H3/t7-,8-,11-,12+,15-/m0/s1. The van der Waals surface area contributed by atoms with Crippen molar-refractivity contribution in [3.8, 4) is 0 Å². The molecule has 0 bridgehead atoms. The Morgan fingerprint density at radius 1 is 1.30 bits per heavy atom. The largest absolute Gasteiger partial charge is 0.493 e. The second kappa shape index (κ2) is 4.17. The molecule has 0 saturated heterocycles. The van der Waals surface area contributed by atoms with Crippen LogP contribution in [0.3, 0.4) is 0 Å². The average Bonchev–Trinajstić information content (AvgIpc) is 2.67. The van der Waals surface area contributed by atoms with E-state index in [1.165, 1.54) is 20.3 Å². The normalized spacial score (nSPS) is 42.2. The zero-order valence-electron chi connectivity index (χ0n) is 11.8. The number of rotatable bonds is 2. The molecule has 0 aromatic carbocycles. The molecule has 108 valence electrons. The minimum absolute atomic E-state index is 0.0610. The average molecular weight is 278 g/mol. The molecule has 0 unspecified atom stereocenters. The number of methoxy groups -OCH3 is 2. The van der Waals surface area contributed by atoms with E-state index in [0.717, 1.165) is 12.8 Å². The van der Waals surface area contributed by atoms with Gasteiger partial charge >= 0.3 is 5.97 Å². The molecule has 0 heterocycles. The highest BCUT2D eigenvalue weighted by Crippen LogP contribution is 2.69. The second-order valence-electron chi connectivity index (χ2n) is 5.99. The van der Waals surface area contributed by atoms with Gasteiger partial charge in [-0.3, -0.25) is 14.4 Å². The highest BCUT2D eigenvalue weighted by atomic mass is 16.5. The number of carbonyl (C=O) groups is 3. The third kappa shape index (κ3) is 1.26. The summed E-state index contributed by atoms with van der Waals surface area (Å²) in [6.45, 7) is 2.00. The Bertz CT molecular complexity index is 534. The number of hydrogen-bond donors (Lipinski definition) is 0. The van der Waals surface area contributed by atoms with Gasteiger partial charge < -0.3 is 9.47 Å². The second-order valence-corrected chi connectivity index (χ2v) is 5.99. The quantitative estimate of drug-likeness (QED) is 0.708. The van der Waals surface area contributed by atoms with E-state index in [0.29, 0.717) is 0 Å². The summed E-state index contributed by atoms with van der Waals surface area (Å²) in [6.07, 6.45) is 2.98. The summed E-state index contributed by atoms with van der Waals surface area (Å²) in [4.78, 5) is 37.1. The molecule has 0 amide bonds. The molecule has 0 aromatic rings. The van der Waals surface area contributed by atoms with Gasteiger partial charge in [-0.15, -0.1) is 0 Å². The van der Waals surface area contributed by atoms with Gasteiger partial charge in [0.05, 0.1) is 31.5 Å². The fourth-order valence-electron chi connectivity index (χ4n) is 4.72. The van der Waals surface area contributed by atoms with Crippen LogP contribution in [0.4, 0.5) is 0 Å². The van der Waals surface area contributed by atoms with E-state index in [2.05, 4.69) is 0 Å². The zero-order valence-corrected chi connectivity index (χ0v) is 11.8. The van der Waals surface area contributed by atoms with E-state index in [1.54, 1.807) is 0 Å². The van der Waals surface area contributed by atoms with Crippen LogP contribution in [-0.2, 0) is 23.9 Å². The summed E-state index contributed by atoms with van der Waals surface area (Å²) in [7, 11) is 2.69. The third-order valence-corrected chi connectivity index (χ3v) is 5.55. The van der Waals surface area contributed by atoms with Gasteiger partial charge in [-0.05, 0) is 24.7 Å². The van der Waals surface area contributed by atoms with Crippen molar-refractivity contribution in [2.24, 2.45) is 29.1 Å². The Hall–Kier alpha value is -1.65. The van der Waals surface area contributed by atoms with Crippen molar-refractivity contribution in [2.45, 2.75) is 19.8 Å². The maximum atomic E-state index is 12.6. The van der Waals surface area contributed by atoms with Gasteiger partial charge in [0.2, 0.25) is 5.78 Å². The van der Waals surface area contributed by atoms with E-state index in [-0.39, 0.29) is 35.1 Å². The first kappa shape index (κ1) is 13.3. The van der Waals surface area contributed by atoms with Gasteiger partial charge in [-0.2, -0.15) is 0 Å². The van der Waals surface area contributed by atoms with Crippen LogP contribution >= 0.6 is 0 Å². The molecule has 5 heteroatoms. The first-order valence-electron chi connectivity index (χ1n) is 6.92. The van der Waals surface area contributed by atoms with Crippen molar-refractivity contribution < 1.29 is 23.9 Å². The highest BCUT2D eigenvalue weighted by molar-refractivity contribution is 6.15. The summed E-state index contributed by atoms with van der Waals surface area (Å²) in [5.41, 5.74) is -0.696. The van der Waals surface area contributed by atoms with Crippen LogP contribution in [0.15, 0.2) is 11.8 Å². The minimum atomic E-state index is -0.696. The van der Waals surface area contributed by atoms with E-state index < -0.39 is 17.3 Å². The van der Waals surface area contributed by atoms with Gasteiger partial charge in [-0.25, -0.2) is 0 Å². The van der Waals surface area contributed by atoms with Crippen molar-refractivity contribution >= 4 is 17.5 Å². The molecule has 0 N–H and O–H groups in total. The number of carbonyl (C=O) groups excluding carboxylic acids is 3. The predicted octanol–water partition coefficient (Wildman–Crippen LogP) is 1.12. The Kier molecular flexibility index (Phi) is 2.78. The minimum Gasteiger partial charge on any atom is -0.493 e. The lowest BCUT2D eigenvalue weighted by molar-refractivity contribution is -0.189. The van der Waals surface area contributed by atoms with Crippen LogP contribution in [0.25, 0.3) is 0 Å². The van der Waals surface area contributed by atoms with Crippen LogP contribution in [0, 0.1) is 29.1 Å². The molecule has 20 heavy (non-hydrogen) atoms. The Balaban J connectivity index is 2.10. The highest BCUT2D eigenvalue weighted by Gasteiger charge is 2.75. The SMILES string of the molecule is COC(=O)[C@H]1[C@@H]2CC[C@H](C)[C@@]23C(=O)C=C(OC)C(=O)[C@@H]13. The molecule has 3 rings (SSSR count). The van der Waals surface area contributed by atoms with Crippen molar-refractivity contribution in [1.82, 2.24) is 0 Å². The Morgan fingerprint density at radius 3 is 2.60 bits per heavy atom. The van der Waals surface area contributed by atoms with Crippen LogP contribution in [0.1, 0.15) is 19.8 Å². The van der Waals surface area contributed by atoms with E-state index in [4.69, 9.17) is 9.47 Å². The number of allylic oxidation sites excluding steroid dienone is 2. The van der Waals surface area contributed by atoms with Crippen LogP contribution in [0.2, 0.25) is 0 Å². The molecule has 5 nitrogen and oxygen atoms in total. The molecule has 2 fully saturated rings. The summed E-state index contributed by atoms with van der Waals surface area (Å²) in [5.74, 6) is -1.67. The summed E-state index contributed by atoms with van der Waals surface area (Å²) in [6, 6.07) is 0. The number of esters is 1. The van der Waals surface area contributed by atoms with Crippen molar-refractivity contribution in [3.63, 3.8) is 0 Å². The number of hydrogen-bond acceptors (Lipinski definition) is 5. The number of Topliss-reactive ketones (excluding diaryl/α,β-unsaturated/α-hetero) is 1. The fraction of sp³-hybridized carbons (Fsp3) is 0.667. The van der Waals surface area contributed by atoms with E-state index >= 15 is 0 Å². The van der Waals surface area contributed by atoms with Crippen LogP contribution in [0.5, 0.6) is 0 Å². The van der Waals surface area contributed by atoms with E-state index in [1.807, 2.05) is 6.92 Å². The molecule has 3 aliphatic carbocycles.